The first-order valence-corrected chi connectivity index (χ1v) is 3.81. The molecule has 0 spiro atoms. The maximum Gasteiger partial charge on any atom is 0.134 e. The molecule has 1 heteroatoms. The van der Waals surface area contributed by atoms with Crippen molar-refractivity contribution in [3.8, 4) is 0 Å². The van der Waals surface area contributed by atoms with Gasteiger partial charge < -0.3 is 0 Å². The molecule has 1 fully saturated rings. The summed E-state index contributed by atoms with van der Waals surface area (Å²) < 4.78 is 0. The Labute approximate surface area is 62.1 Å². The molecule has 2 unspecified atom stereocenters. The minimum atomic E-state index is 0.396. The Kier molecular flexibility index (Phi) is 1.93. The lowest BCUT2D eigenvalue weighted by atomic mass is 9.79. The molecule has 0 aromatic rings. The van der Waals surface area contributed by atoms with Crippen molar-refractivity contribution < 1.29 is 4.79 Å². The minimum Gasteiger partial charge on any atom is -0.300 e. The number of Topliss-reactive ketones (excluding diaryl/α,β-unsaturated/α-hetero) is 1. The zero-order valence-electron chi connectivity index (χ0n) is 6.68. The number of hydrogen-bond donors (Lipinski definition) is 0. The first-order valence-electron chi connectivity index (χ1n) is 3.81. The van der Waals surface area contributed by atoms with Gasteiger partial charge in [0.25, 0.3) is 0 Å². The van der Waals surface area contributed by atoms with E-state index in [2.05, 4.69) is 20.4 Å². The van der Waals surface area contributed by atoms with Crippen molar-refractivity contribution in [3.05, 3.63) is 12.2 Å². The summed E-state index contributed by atoms with van der Waals surface area (Å²) in [5, 5.41) is 0. The fourth-order valence-electron chi connectivity index (χ4n) is 1.51. The molecule has 1 aliphatic rings. The van der Waals surface area contributed by atoms with Crippen molar-refractivity contribution in [2.75, 3.05) is 0 Å². The van der Waals surface area contributed by atoms with Crippen LogP contribution in [0.2, 0.25) is 0 Å². The van der Waals surface area contributed by atoms with Crippen LogP contribution < -0.4 is 0 Å². The molecule has 2 atom stereocenters. The summed E-state index contributed by atoms with van der Waals surface area (Å²) in [7, 11) is 0. The SMILES string of the molecule is C=C1C(C)CC(=O)CC1C. The number of rotatable bonds is 0. The molecule has 56 valence electrons. The van der Waals surface area contributed by atoms with Crippen LogP contribution in [0.15, 0.2) is 12.2 Å². The molecule has 0 saturated heterocycles. The van der Waals surface area contributed by atoms with E-state index >= 15 is 0 Å². The Hall–Kier alpha value is -0.590. The van der Waals surface area contributed by atoms with Crippen molar-refractivity contribution in [2.24, 2.45) is 11.8 Å². The van der Waals surface area contributed by atoms with Crippen molar-refractivity contribution in [1.82, 2.24) is 0 Å². The van der Waals surface area contributed by atoms with Gasteiger partial charge in [-0.25, -0.2) is 0 Å². The molecule has 1 nitrogen and oxygen atoms in total. The summed E-state index contributed by atoms with van der Waals surface area (Å²) in [5.74, 6) is 1.22. The predicted octanol–water partition coefficient (Wildman–Crippen LogP) is 2.18. The molecule has 1 aliphatic carbocycles. The highest BCUT2D eigenvalue weighted by molar-refractivity contribution is 5.80. The molecule has 0 bridgehead atoms. The molecular formula is C9H14O. The largest absolute Gasteiger partial charge is 0.300 e. The fourth-order valence-corrected chi connectivity index (χ4v) is 1.51. The monoisotopic (exact) mass is 138 g/mol. The van der Waals surface area contributed by atoms with E-state index < -0.39 is 0 Å². The summed E-state index contributed by atoms with van der Waals surface area (Å²) in [6.45, 7) is 8.12. The van der Waals surface area contributed by atoms with E-state index in [0.29, 0.717) is 30.5 Å². The molecular weight excluding hydrogens is 124 g/mol. The van der Waals surface area contributed by atoms with E-state index in [1.807, 2.05) is 0 Å². The first kappa shape index (κ1) is 7.52. The smallest absolute Gasteiger partial charge is 0.134 e. The molecule has 0 heterocycles. The van der Waals surface area contributed by atoms with Crippen LogP contribution in [-0.4, -0.2) is 5.78 Å². The Morgan fingerprint density at radius 1 is 1.30 bits per heavy atom. The van der Waals surface area contributed by atoms with Crippen molar-refractivity contribution in [2.45, 2.75) is 26.7 Å². The van der Waals surface area contributed by atoms with Crippen molar-refractivity contribution in [3.63, 3.8) is 0 Å². The quantitative estimate of drug-likeness (QED) is 0.469. The van der Waals surface area contributed by atoms with Gasteiger partial charge >= 0.3 is 0 Å². The van der Waals surface area contributed by atoms with Crippen molar-refractivity contribution in [1.29, 1.82) is 0 Å². The van der Waals surface area contributed by atoms with Gasteiger partial charge in [-0.15, -0.1) is 0 Å². The lowest BCUT2D eigenvalue weighted by Gasteiger charge is -2.25. The zero-order valence-corrected chi connectivity index (χ0v) is 6.68. The lowest BCUT2D eigenvalue weighted by molar-refractivity contribution is -0.121. The third kappa shape index (κ3) is 1.28. The molecule has 1 saturated carbocycles. The number of carbonyl (C=O) groups excluding carboxylic acids is 1. The summed E-state index contributed by atoms with van der Waals surface area (Å²) in [6, 6.07) is 0. The van der Waals surface area contributed by atoms with Crippen LogP contribution in [-0.2, 0) is 4.79 Å². The van der Waals surface area contributed by atoms with E-state index in [4.69, 9.17) is 0 Å². The number of hydrogen-bond acceptors (Lipinski definition) is 1. The highest BCUT2D eigenvalue weighted by Gasteiger charge is 2.24. The van der Waals surface area contributed by atoms with Crippen LogP contribution in [0.4, 0.5) is 0 Å². The number of carbonyl (C=O) groups is 1. The highest BCUT2D eigenvalue weighted by atomic mass is 16.1. The summed E-state index contributed by atoms with van der Waals surface area (Å²) >= 11 is 0. The maximum absolute atomic E-state index is 11.0. The third-order valence-electron chi connectivity index (χ3n) is 2.33. The van der Waals surface area contributed by atoms with Gasteiger partial charge in [-0.05, 0) is 11.8 Å². The van der Waals surface area contributed by atoms with Gasteiger partial charge in [0, 0.05) is 12.8 Å². The molecule has 0 N–H and O–H groups in total. The van der Waals surface area contributed by atoms with Crippen LogP contribution in [0, 0.1) is 11.8 Å². The second-order valence-electron chi connectivity index (χ2n) is 3.32. The van der Waals surface area contributed by atoms with E-state index in [1.165, 1.54) is 5.57 Å². The predicted molar refractivity (Wildman–Crippen MR) is 41.7 cm³/mol. The topological polar surface area (TPSA) is 17.1 Å². The molecule has 10 heavy (non-hydrogen) atoms. The number of allylic oxidation sites excluding steroid dienone is 1. The van der Waals surface area contributed by atoms with Crippen molar-refractivity contribution >= 4 is 5.78 Å². The number of ketones is 1. The molecule has 1 rings (SSSR count). The fraction of sp³-hybridized carbons (Fsp3) is 0.667. The third-order valence-corrected chi connectivity index (χ3v) is 2.33. The Morgan fingerprint density at radius 3 is 2.10 bits per heavy atom. The van der Waals surface area contributed by atoms with Crippen LogP contribution in [0.5, 0.6) is 0 Å². The van der Waals surface area contributed by atoms with Crippen LogP contribution in [0.3, 0.4) is 0 Å². The van der Waals surface area contributed by atoms with Gasteiger partial charge in [-0.3, -0.25) is 4.79 Å². The van der Waals surface area contributed by atoms with Gasteiger partial charge in [0.1, 0.15) is 5.78 Å². The van der Waals surface area contributed by atoms with E-state index in [0.717, 1.165) is 0 Å². The Balaban J connectivity index is 2.66. The highest BCUT2D eigenvalue weighted by Crippen LogP contribution is 2.29. The van der Waals surface area contributed by atoms with E-state index in [9.17, 15) is 4.79 Å². The van der Waals surface area contributed by atoms with Gasteiger partial charge in [0.15, 0.2) is 0 Å². The zero-order chi connectivity index (χ0) is 7.72. The normalized spacial score (nSPS) is 34.6. The maximum atomic E-state index is 11.0. The van der Waals surface area contributed by atoms with Gasteiger partial charge in [-0.1, -0.05) is 26.0 Å². The first-order chi connectivity index (χ1) is 4.61. The molecule has 0 aromatic heterocycles. The average Bonchev–Trinajstić information content (AvgIpc) is 1.82. The van der Waals surface area contributed by atoms with Crippen LogP contribution in [0.25, 0.3) is 0 Å². The average molecular weight is 138 g/mol. The molecule has 0 aliphatic heterocycles. The van der Waals surface area contributed by atoms with Crippen LogP contribution in [0.1, 0.15) is 26.7 Å². The van der Waals surface area contributed by atoms with E-state index in [1.54, 1.807) is 0 Å². The lowest BCUT2D eigenvalue weighted by Crippen LogP contribution is -2.21. The van der Waals surface area contributed by atoms with E-state index in [-0.39, 0.29) is 0 Å². The van der Waals surface area contributed by atoms with Gasteiger partial charge in [0.05, 0.1) is 0 Å². The summed E-state index contributed by atoms with van der Waals surface area (Å²) in [6.07, 6.45) is 1.42. The molecule has 0 amide bonds. The van der Waals surface area contributed by atoms with Crippen LogP contribution >= 0.6 is 0 Å². The molecule has 0 aromatic carbocycles. The Bertz CT molecular complexity index is 154. The molecule has 0 radical (unpaired) electrons. The summed E-state index contributed by atoms with van der Waals surface area (Å²) in [5.41, 5.74) is 1.25. The van der Waals surface area contributed by atoms with Gasteiger partial charge in [-0.2, -0.15) is 0 Å². The van der Waals surface area contributed by atoms with Gasteiger partial charge in [0.2, 0.25) is 0 Å². The summed E-state index contributed by atoms with van der Waals surface area (Å²) in [4.78, 5) is 11.0. The second-order valence-corrected chi connectivity index (χ2v) is 3.32. The second kappa shape index (κ2) is 2.57. The standard InChI is InChI=1S/C9H14O/c1-6-4-9(10)5-7(2)8(6)3/h6-7H,3-5H2,1-2H3. The Morgan fingerprint density at radius 2 is 1.70 bits per heavy atom. The minimum absolute atomic E-state index is 0.396.